The molecule has 5 nitrogen and oxygen atoms in total. The Morgan fingerprint density at radius 3 is 2.20 bits per heavy atom. The van der Waals surface area contributed by atoms with Crippen LogP contribution in [0, 0.1) is 0 Å². The molecule has 0 aliphatic rings. The van der Waals surface area contributed by atoms with Gasteiger partial charge >= 0.3 is 0 Å². The molecular weight excluding hydrogens is 392 g/mol. The molecule has 2 aromatic rings. The fraction of sp³-hybridized carbons (Fsp3) is 0. The zero-order valence-corrected chi connectivity index (χ0v) is 13.2. The minimum absolute atomic E-state index is 0.122. The monoisotopic (exact) mass is 400 g/mol. The number of carbonyl (C=O) groups excluding carboxylic acids is 1. The Balaban J connectivity index is 2.32. The smallest absolute Gasteiger partial charge is 0.256 e. The zero-order valence-electron chi connectivity index (χ0n) is 10.0. The molecule has 0 radical (unpaired) electrons. The Morgan fingerprint density at radius 2 is 1.65 bits per heavy atom. The summed E-state index contributed by atoms with van der Waals surface area (Å²) < 4.78 is 1.39. The first-order valence-corrected chi connectivity index (χ1v) is 7.04. The van der Waals surface area contributed by atoms with Gasteiger partial charge in [0.2, 0.25) is 0 Å². The number of nitrogen functional groups attached to an aromatic ring is 1. The molecule has 0 heterocycles. The molecule has 0 spiro atoms. The van der Waals surface area contributed by atoms with Gasteiger partial charge in [0.25, 0.3) is 5.91 Å². The molecule has 0 aliphatic carbocycles. The van der Waals surface area contributed by atoms with Crippen LogP contribution < -0.4 is 11.1 Å². The van der Waals surface area contributed by atoms with Crippen molar-refractivity contribution in [2.75, 3.05) is 11.1 Å². The number of nitrogens with one attached hydrogen (secondary N) is 1. The third kappa shape index (κ3) is 3.23. The molecule has 1 amide bonds. The average molecular weight is 402 g/mol. The van der Waals surface area contributed by atoms with Crippen LogP contribution in [-0.2, 0) is 0 Å². The number of aromatic hydroxyl groups is 2. The number of halogens is 2. The van der Waals surface area contributed by atoms with E-state index < -0.39 is 5.91 Å². The molecule has 0 saturated carbocycles. The SMILES string of the molecule is Nc1cc(Br)cc(Br)c1NC(=O)c1cc(O)cc(O)c1. The fourth-order valence-corrected chi connectivity index (χ4v) is 2.99. The van der Waals surface area contributed by atoms with Crippen molar-refractivity contribution in [3.8, 4) is 11.5 Å². The molecule has 2 rings (SSSR count). The summed E-state index contributed by atoms with van der Waals surface area (Å²) in [7, 11) is 0. The highest BCUT2D eigenvalue weighted by atomic mass is 79.9. The van der Waals surface area contributed by atoms with E-state index in [1.54, 1.807) is 12.1 Å². The van der Waals surface area contributed by atoms with Crippen molar-refractivity contribution in [3.63, 3.8) is 0 Å². The molecule has 5 N–H and O–H groups in total. The Bertz CT molecular complexity index is 646. The van der Waals surface area contributed by atoms with Gasteiger partial charge in [-0.2, -0.15) is 0 Å². The van der Waals surface area contributed by atoms with Crippen LogP contribution in [0.15, 0.2) is 39.3 Å². The summed E-state index contributed by atoms with van der Waals surface area (Å²) in [6.07, 6.45) is 0. The summed E-state index contributed by atoms with van der Waals surface area (Å²) in [6, 6.07) is 7.03. The van der Waals surface area contributed by atoms with Gasteiger partial charge < -0.3 is 21.3 Å². The van der Waals surface area contributed by atoms with Gasteiger partial charge in [-0.25, -0.2) is 0 Å². The number of carbonyl (C=O) groups is 1. The van der Waals surface area contributed by atoms with Gasteiger partial charge in [-0.1, -0.05) is 15.9 Å². The van der Waals surface area contributed by atoms with Crippen molar-refractivity contribution in [1.29, 1.82) is 0 Å². The number of amides is 1. The predicted octanol–water partition coefficient (Wildman–Crippen LogP) is 3.46. The summed E-state index contributed by atoms with van der Waals surface area (Å²) in [4.78, 5) is 12.1. The van der Waals surface area contributed by atoms with E-state index in [-0.39, 0.29) is 17.1 Å². The molecule has 7 heteroatoms. The summed E-state index contributed by atoms with van der Waals surface area (Å²) in [5, 5.41) is 21.4. The van der Waals surface area contributed by atoms with Crippen LogP contribution in [0.5, 0.6) is 11.5 Å². The second kappa shape index (κ2) is 5.72. The topological polar surface area (TPSA) is 95.6 Å². The molecule has 0 unspecified atom stereocenters. The van der Waals surface area contributed by atoms with Crippen LogP contribution in [0.2, 0.25) is 0 Å². The van der Waals surface area contributed by atoms with Gasteiger partial charge in [0, 0.05) is 20.6 Å². The second-order valence-electron chi connectivity index (χ2n) is 4.04. The normalized spacial score (nSPS) is 10.3. The number of anilines is 2. The molecule has 0 bridgehead atoms. The number of phenolic OH excluding ortho intramolecular Hbond substituents is 2. The first-order valence-electron chi connectivity index (χ1n) is 5.45. The van der Waals surface area contributed by atoms with Crippen LogP contribution in [-0.4, -0.2) is 16.1 Å². The largest absolute Gasteiger partial charge is 0.508 e. The predicted molar refractivity (Wildman–Crippen MR) is 84.0 cm³/mol. The number of benzene rings is 2. The minimum Gasteiger partial charge on any atom is -0.508 e. The first-order chi connectivity index (χ1) is 9.36. The molecule has 0 aliphatic heterocycles. The number of phenols is 2. The van der Waals surface area contributed by atoms with Gasteiger partial charge in [-0.05, 0) is 40.2 Å². The fourth-order valence-electron chi connectivity index (χ4n) is 1.64. The highest BCUT2D eigenvalue weighted by Crippen LogP contribution is 2.33. The molecule has 2 aromatic carbocycles. The van der Waals surface area contributed by atoms with Crippen LogP contribution in [0.4, 0.5) is 11.4 Å². The van der Waals surface area contributed by atoms with E-state index in [0.29, 0.717) is 15.8 Å². The summed E-state index contributed by atoms with van der Waals surface area (Å²) in [5.74, 6) is -0.887. The summed E-state index contributed by atoms with van der Waals surface area (Å²) in [5.41, 5.74) is 6.75. The Hall–Kier alpha value is -1.73. The molecule has 0 fully saturated rings. The van der Waals surface area contributed by atoms with E-state index in [1.807, 2.05) is 0 Å². The van der Waals surface area contributed by atoms with Gasteiger partial charge in [0.1, 0.15) is 11.5 Å². The van der Waals surface area contributed by atoms with Crippen molar-refractivity contribution < 1.29 is 15.0 Å². The van der Waals surface area contributed by atoms with Gasteiger partial charge in [-0.15, -0.1) is 0 Å². The van der Waals surface area contributed by atoms with Gasteiger partial charge in [0.15, 0.2) is 0 Å². The maximum absolute atomic E-state index is 12.1. The highest BCUT2D eigenvalue weighted by molar-refractivity contribution is 9.11. The first kappa shape index (κ1) is 14.7. The maximum Gasteiger partial charge on any atom is 0.256 e. The third-order valence-electron chi connectivity index (χ3n) is 2.49. The lowest BCUT2D eigenvalue weighted by atomic mass is 10.1. The van der Waals surface area contributed by atoms with Gasteiger partial charge in [-0.3, -0.25) is 4.79 Å². The molecule has 104 valence electrons. The Morgan fingerprint density at radius 1 is 1.05 bits per heavy atom. The van der Waals surface area contributed by atoms with Crippen molar-refractivity contribution >= 4 is 49.1 Å². The Kier molecular flexibility index (Phi) is 4.20. The van der Waals surface area contributed by atoms with Crippen molar-refractivity contribution in [3.05, 3.63) is 44.8 Å². The lowest BCUT2D eigenvalue weighted by Crippen LogP contribution is -2.13. The highest BCUT2D eigenvalue weighted by Gasteiger charge is 2.13. The standard InChI is InChI=1S/C13H10Br2N2O3/c14-7-3-10(15)12(11(16)4-7)17-13(20)6-1-8(18)5-9(19)2-6/h1-5,18-19H,16H2,(H,17,20). The van der Waals surface area contributed by atoms with Gasteiger partial charge in [0.05, 0.1) is 11.4 Å². The minimum atomic E-state index is -0.495. The van der Waals surface area contributed by atoms with Crippen molar-refractivity contribution in [2.45, 2.75) is 0 Å². The van der Waals surface area contributed by atoms with E-state index in [2.05, 4.69) is 37.2 Å². The lowest BCUT2D eigenvalue weighted by molar-refractivity contribution is 0.102. The molecule has 0 aromatic heterocycles. The van der Waals surface area contributed by atoms with E-state index in [0.717, 1.165) is 10.5 Å². The number of hydrogen-bond donors (Lipinski definition) is 4. The van der Waals surface area contributed by atoms with E-state index >= 15 is 0 Å². The average Bonchev–Trinajstić information content (AvgIpc) is 2.32. The summed E-state index contributed by atoms with van der Waals surface area (Å²) >= 11 is 6.59. The lowest BCUT2D eigenvalue weighted by Gasteiger charge is -2.11. The molecule has 20 heavy (non-hydrogen) atoms. The van der Waals surface area contributed by atoms with Crippen LogP contribution in [0.1, 0.15) is 10.4 Å². The maximum atomic E-state index is 12.1. The van der Waals surface area contributed by atoms with E-state index in [9.17, 15) is 15.0 Å². The quantitative estimate of drug-likeness (QED) is 0.579. The van der Waals surface area contributed by atoms with Crippen LogP contribution >= 0.6 is 31.9 Å². The zero-order chi connectivity index (χ0) is 14.9. The Labute approximate surface area is 131 Å². The third-order valence-corrected chi connectivity index (χ3v) is 3.57. The molecule has 0 saturated heterocycles. The van der Waals surface area contributed by atoms with E-state index in [4.69, 9.17) is 5.73 Å². The van der Waals surface area contributed by atoms with Crippen LogP contribution in [0.3, 0.4) is 0 Å². The number of nitrogens with two attached hydrogens (primary N) is 1. The number of hydrogen-bond acceptors (Lipinski definition) is 4. The van der Waals surface area contributed by atoms with E-state index in [1.165, 1.54) is 12.1 Å². The second-order valence-corrected chi connectivity index (χ2v) is 5.81. The van der Waals surface area contributed by atoms with Crippen molar-refractivity contribution in [2.24, 2.45) is 0 Å². The molecule has 0 atom stereocenters. The van der Waals surface area contributed by atoms with Crippen molar-refractivity contribution in [1.82, 2.24) is 0 Å². The number of rotatable bonds is 2. The van der Waals surface area contributed by atoms with Crippen LogP contribution in [0.25, 0.3) is 0 Å². The summed E-state index contributed by atoms with van der Waals surface area (Å²) in [6.45, 7) is 0. The molecular formula is C13H10Br2N2O3.